The third kappa shape index (κ3) is 1.76. The summed E-state index contributed by atoms with van der Waals surface area (Å²) in [7, 11) is 0. The van der Waals surface area contributed by atoms with Crippen molar-refractivity contribution in [3.63, 3.8) is 0 Å². The fraction of sp³-hybridized carbons (Fsp3) is 0.333. The molecule has 0 unspecified atom stereocenters. The molecule has 1 aromatic rings. The lowest BCUT2D eigenvalue weighted by atomic mass is 9.88. The van der Waals surface area contributed by atoms with E-state index < -0.39 is 0 Å². The average molecular weight is 241 g/mol. The molecule has 1 aromatic carbocycles. The fourth-order valence-corrected chi connectivity index (χ4v) is 2.28. The Bertz CT molecular complexity index is 568. The molecule has 1 N–H and O–H groups in total. The molecule has 0 aromatic heterocycles. The van der Waals surface area contributed by atoms with E-state index in [1.54, 1.807) is 31.2 Å². The molecule has 0 bridgehead atoms. The number of carbonyl (C=O) groups is 2. The summed E-state index contributed by atoms with van der Waals surface area (Å²) in [6, 6.07) is 7.03. The van der Waals surface area contributed by atoms with Gasteiger partial charge in [-0.15, -0.1) is 0 Å². The normalized spacial score (nSPS) is 18.9. The van der Waals surface area contributed by atoms with E-state index in [9.17, 15) is 9.59 Å². The zero-order valence-corrected chi connectivity index (χ0v) is 10.3. The number of benzene rings is 1. The quantitative estimate of drug-likeness (QED) is 0.883. The van der Waals surface area contributed by atoms with Gasteiger partial charge in [0.05, 0.1) is 5.70 Å². The molecule has 18 heavy (non-hydrogen) atoms. The van der Waals surface area contributed by atoms with Gasteiger partial charge in [-0.25, -0.2) is 0 Å². The molecule has 3 rings (SSSR count). The standard InChI is InChI=1S/C15H15NO2/c1-9-13(16-8-10-6-7-10)15(18)12-5-3-2-4-11(12)14(9)17/h2-5,10,16H,6-8H2,1H3. The lowest BCUT2D eigenvalue weighted by Crippen LogP contribution is -2.30. The minimum atomic E-state index is -0.0525. The second-order valence-electron chi connectivity index (χ2n) is 5.03. The van der Waals surface area contributed by atoms with Crippen LogP contribution in [0, 0.1) is 5.92 Å². The summed E-state index contributed by atoms with van der Waals surface area (Å²) in [5.74, 6) is 0.581. The van der Waals surface area contributed by atoms with E-state index >= 15 is 0 Å². The van der Waals surface area contributed by atoms with Crippen LogP contribution in [0.5, 0.6) is 0 Å². The molecule has 92 valence electrons. The summed E-state index contributed by atoms with van der Waals surface area (Å²) in [6.07, 6.45) is 2.44. The molecule has 3 nitrogen and oxygen atoms in total. The summed E-state index contributed by atoms with van der Waals surface area (Å²) in [5.41, 5.74) is 2.08. The first-order valence-corrected chi connectivity index (χ1v) is 6.31. The molecule has 0 heterocycles. The van der Waals surface area contributed by atoms with Gasteiger partial charge in [-0.05, 0) is 25.7 Å². The number of nitrogens with one attached hydrogen (secondary N) is 1. The third-order valence-electron chi connectivity index (χ3n) is 3.62. The van der Waals surface area contributed by atoms with Crippen molar-refractivity contribution in [3.05, 3.63) is 46.7 Å². The molecular formula is C15H15NO2. The van der Waals surface area contributed by atoms with Crippen molar-refractivity contribution in [1.29, 1.82) is 0 Å². The number of ketones is 2. The number of carbonyl (C=O) groups excluding carboxylic acids is 2. The summed E-state index contributed by atoms with van der Waals surface area (Å²) in [4.78, 5) is 24.5. The molecule has 3 heteroatoms. The molecule has 0 radical (unpaired) electrons. The first-order valence-electron chi connectivity index (χ1n) is 6.31. The highest BCUT2D eigenvalue weighted by Crippen LogP contribution is 2.29. The Morgan fingerprint density at radius 1 is 1.11 bits per heavy atom. The summed E-state index contributed by atoms with van der Waals surface area (Å²) < 4.78 is 0. The maximum Gasteiger partial charge on any atom is 0.209 e. The van der Waals surface area contributed by atoms with Crippen LogP contribution in [-0.4, -0.2) is 18.1 Å². The first kappa shape index (κ1) is 11.2. The maximum atomic E-state index is 12.3. The van der Waals surface area contributed by atoms with E-state index in [0.29, 0.717) is 28.3 Å². The minimum absolute atomic E-state index is 0.0384. The zero-order valence-electron chi connectivity index (χ0n) is 10.3. The van der Waals surface area contributed by atoms with Crippen molar-refractivity contribution in [2.24, 2.45) is 5.92 Å². The van der Waals surface area contributed by atoms with Crippen LogP contribution in [0.4, 0.5) is 0 Å². The fourth-order valence-electron chi connectivity index (χ4n) is 2.28. The maximum absolute atomic E-state index is 12.3. The van der Waals surface area contributed by atoms with Crippen LogP contribution in [0.25, 0.3) is 0 Å². The Balaban J connectivity index is 1.96. The molecule has 0 amide bonds. The topological polar surface area (TPSA) is 46.2 Å². The van der Waals surface area contributed by atoms with E-state index in [4.69, 9.17) is 0 Å². The lowest BCUT2D eigenvalue weighted by Gasteiger charge is -2.19. The number of hydrogen-bond acceptors (Lipinski definition) is 3. The largest absolute Gasteiger partial charge is 0.381 e. The Labute approximate surface area is 106 Å². The van der Waals surface area contributed by atoms with Gasteiger partial charge in [0.25, 0.3) is 0 Å². The SMILES string of the molecule is CC1=C(NCC2CC2)C(=O)c2ccccc2C1=O. The summed E-state index contributed by atoms with van der Waals surface area (Å²) >= 11 is 0. The highest BCUT2D eigenvalue weighted by Gasteiger charge is 2.30. The van der Waals surface area contributed by atoms with Crippen molar-refractivity contribution in [2.75, 3.05) is 6.54 Å². The Hall–Kier alpha value is -1.90. The van der Waals surface area contributed by atoms with Crippen LogP contribution in [0.1, 0.15) is 40.5 Å². The Morgan fingerprint density at radius 2 is 1.72 bits per heavy atom. The monoisotopic (exact) mass is 241 g/mol. The molecular weight excluding hydrogens is 226 g/mol. The van der Waals surface area contributed by atoms with Gasteiger partial charge in [0.15, 0.2) is 5.78 Å². The second-order valence-corrected chi connectivity index (χ2v) is 5.03. The molecule has 2 aliphatic carbocycles. The number of Topliss-reactive ketones (excluding diaryl/α,β-unsaturated/α-hetero) is 2. The highest BCUT2D eigenvalue weighted by atomic mass is 16.1. The predicted molar refractivity (Wildman–Crippen MR) is 68.5 cm³/mol. The van der Waals surface area contributed by atoms with Crippen molar-refractivity contribution in [2.45, 2.75) is 19.8 Å². The molecule has 0 aliphatic heterocycles. The van der Waals surface area contributed by atoms with Gasteiger partial charge in [-0.3, -0.25) is 9.59 Å². The van der Waals surface area contributed by atoms with Gasteiger partial charge in [0.1, 0.15) is 0 Å². The number of fused-ring (bicyclic) bond motifs is 1. The van der Waals surface area contributed by atoms with E-state index in [2.05, 4.69) is 5.32 Å². The first-order chi connectivity index (χ1) is 8.68. The van der Waals surface area contributed by atoms with Crippen LogP contribution in [0.2, 0.25) is 0 Å². The van der Waals surface area contributed by atoms with Crippen LogP contribution >= 0.6 is 0 Å². The molecule has 0 saturated heterocycles. The second kappa shape index (κ2) is 4.09. The van der Waals surface area contributed by atoms with E-state index in [-0.39, 0.29) is 11.6 Å². The molecule has 1 saturated carbocycles. The van der Waals surface area contributed by atoms with Gasteiger partial charge in [-0.2, -0.15) is 0 Å². The zero-order chi connectivity index (χ0) is 12.7. The number of allylic oxidation sites excluding steroid dienone is 2. The predicted octanol–water partition coefficient (Wildman–Crippen LogP) is 2.34. The number of hydrogen-bond donors (Lipinski definition) is 1. The van der Waals surface area contributed by atoms with E-state index in [1.165, 1.54) is 12.8 Å². The van der Waals surface area contributed by atoms with Crippen molar-refractivity contribution in [1.82, 2.24) is 5.32 Å². The minimum Gasteiger partial charge on any atom is -0.381 e. The molecule has 1 fully saturated rings. The Morgan fingerprint density at radius 3 is 2.33 bits per heavy atom. The smallest absolute Gasteiger partial charge is 0.209 e. The van der Waals surface area contributed by atoms with Crippen LogP contribution < -0.4 is 5.32 Å². The van der Waals surface area contributed by atoms with Gasteiger partial charge >= 0.3 is 0 Å². The molecule has 2 aliphatic rings. The number of rotatable bonds is 3. The summed E-state index contributed by atoms with van der Waals surface area (Å²) in [6.45, 7) is 2.53. The lowest BCUT2D eigenvalue weighted by molar-refractivity contribution is 0.0968. The van der Waals surface area contributed by atoms with Crippen LogP contribution in [0.3, 0.4) is 0 Å². The van der Waals surface area contributed by atoms with Crippen LogP contribution in [0.15, 0.2) is 35.5 Å². The summed E-state index contributed by atoms with van der Waals surface area (Å²) in [5, 5.41) is 3.16. The Kier molecular flexibility index (Phi) is 2.54. The van der Waals surface area contributed by atoms with Crippen molar-refractivity contribution < 1.29 is 9.59 Å². The van der Waals surface area contributed by atoms with Gasteiger partial charge < -0.3 is 5.32 Å². The van der Waals surface area contributed by atoms with Gasteiger partial charge in [0.2, 0.25) is 5.78 Å². The average Bonchev–Trinajstić information content (AvgIpc) is 3.20. The van der Waals surface area contributed by atoms with E-state index in [1.807, 2.05) is 0 Å². The van der Waals surface area contributed by atoms with Crippen molar-refractivity contribution >= 4 is 11.6 Å². The van der Waals surface area contributed by atoms with Gasteiger partial charge in [-0.1, -0.05) is 24.3 Å². The molecule has 0 atom stereocenters. The highest BCUT2D eigenvalue weighted by molar-refractivity contribution is 6.26. The third-order valence-corrected chi connectivity index (χ3v) is 3.62. The van der Waals surface area contributed by atoms with Gasteiger partial charge in [0, 0.05) is 23.2 Å². The van der Waals surface area contributed by atoms with Crippen LogP contribution in [-0.2, 0) is 0 Å². The van der Waals surface area contributed by atoms with Crippen molar-refractivity contribution in [3.8, 4) is 0 Å². The molecule has 0 spiro atoms. The van der Waals surface area contributed by atoms with E-state index in [0.717, 1.165) is 6.54 Å².